The van der Waals surface area contributed by atoms with Crippen LogP contribution in [0.2, 0.25) is 10.0 Å². The summed E-state index contributed by atoms with van der Waals surface area (Å²) < 4.78 is 26.4. The topological polar surface area (TPSA) is 92.5 Å². The first kappa shape index (κ1) is 16.4. The predicted octanol–water partition coefficient (Wildman–Crippen LogP) is 1.88. The molecule has 0 unspecified atom stereocenters. The number of nitro groups is 1. The third kappa shape index (κ3) is 3.14. The van der Waals surface area contributed by atoms with Crippen LogP contribution in [0.1, 0.15) is 6.92 Å². The first-order chi connectivity index (χ1) is 9.75. The summed E-state index contributed by atoms with van der Waals surface area (Å²) in [5.41, 5.74) is -0.595. The first-order valence-electron chi connectivity index (χ1n) is 6.11. The molecule has 2 rings (SSSR count). The molecule has 1 atom stereocenters. The van der Waals surface area contributed by atoms with Gasteiger partial charge in [-0.1, -0.05) is 23.2 Å². The number of nitrogens with one attached hydrogen (secondary N) is 1. The number of hydrogen-bond acceptors (Lipinski definition) is 5. The lowest BCUT2D eigenvalue weighted by Gasteiger charge is -2.31. The van der Waals surface area contributed by atoms with Gasteiger partial charge in [0.25, 0.3) is 0 Å². The summed E-state index contributed by atoms with van der Waals surface area (Å²) in [5, 5.41) is 13.4. The van der Waals surface area contributed by atoms with Gasteiger partial charge in [-0.3, -0.25) is 10.1 Å². The molecular formula is C11H13Cl2N3O4S. The van der Waals surface area contributed by atoms with E-state index in [-0.39, 0.29) is 29.0 Å². The van der Waals surface area contributed by atoms with Gasteiger partial charge < -0.3 is 5.32 Å². The Kier molecular flexibility index (Phi) is 4.74. The van der Waals surface area contributed by atoms with Crippen molar-refractivity contribution in [2.24, 2.45) is 0 Å². The van der Waals surface area contributed by atoms with Crippen molar-refractivity contribution in [3.8, 4) is 0 Å². The number of benzene rings is 1. The van der Waals surface area contributed by atoms with Crippen molar-refractivity contribution in [3.05, 3.63) is 32.3 Å². The third-order valence-electron chi connectivity index (χ3n) is 3.16. The monoisotopic (exact) mass is 353 g/mol. The van der Waals surface area contributed by atoms with Gasteiger partial charge in [0, 0.05) is 25.7 Å². The molecular weight excluding hydrogens is 341 g/mol. The zero-order valence-corrected chi connectivity index (χ0v) is 13.4. The van der Waals surface area contributed by atoms with Gasteiger partial charge in [-0.15, -0.1) is 0 Å². The molecule has 1 aliphatic rings. The van der Waals surface area contributed by atoms with Crippen LogP contribution in [0, 0.1) is 10.1 Å². The highest BCUT2D eigenvalue weighted by atomic mass is 35.5. The molecule has 1 N–H and O–H groups in total. The number of halogens is 2. The van der Waals surface area contributed by atoms with Crippen molar-refractivity contribution in [3.63, 3.8) is 0 Å². The highest BCUT2D eigenvalue weighted by Crippen LogP contribution is 2.38. The molecule has 0 bridgehead atoms. The van der Waals surface area contributed by atoms with Crippen LogP contribution < -0.4 is 5.32 Å². The molecule has 0 aromatic heterocycles. The van der Waals surface area contributed by atoms with Gasteiger partial charge in [0.15, 0.2) is 0 Å². The molecule has 7 nitrogen and oxygen atoms in total. The zero-order chi connectivity index (χ0) is 15.8. The van der Waals surface area contributed by atoms with Crippen molar-refractivity contribution >= 4 is 38.9 Å². The Morgan fingerprint density at radius 2 is 2.10 bits per heavy atom. The lowest BCUT2D eigenvalue weighted by Crippen LogP contribution is -2.51. The van der Waals surface area contributed by atoms with E-state index >= 15 is 0 Å². The first-order valence-corrected chi connectivity index (χ1v) is 8.30. The largest absolute Gasteiger partial charge is 0.312 e. The molecule has 0 saturated carbocycles. The Morgan fingerprint density at radius 1 is 1.43 bits per heavy atom. The van der Waals surface area contributed by atoms with E-state index in [1.165, 1.54) is 16.4 Å². The molecule has 0 spiro atoms. The second kappa shape index (κ2) is 6.05. The van der Waals surface area contributed by atoms with Crippen LogP contribution >= 0.6 is 23.2 Å². The third-order valence-corrected chi connectivity index (χ3v) is 5.87. The van der Waals surface area contributed by atoms with Gasteiger partial charge in [0.1, 0.15) is 14.9 Å². The van der Waals surface area contributed by atoms with E-state index < -0.39 is 25.7 Å². The summed E-state index contributed by atoms with van der Waals surface area (Å²) >= 11 is 11.6. The van der Waals surface area contributed by atoms with Crippen molar-refractivity contribution in [1.82, 2.24) is 9.62 Å². The molecule has 116 valence electrons. The Morgan fingerprint density at radius 3 is 2.67 bits per heavy atom. The van der Waals surface area contributed by atoms with Crippen LogP contribution in [0.3, 0.4) is 0 Å². The Bertz CT molecular complexity index is 680. The van der Waals surface area contributed by atoms with Gasteiger partial charge in [0.2, 0.25) is 10.0 Å². The van der Waals surface area contributed by atoms with Crippen molar-refractivity contribution in [2.45, 2.75) is 17.9 Å². The molecule has 1 aromatic carbocycles. The fourth-order valence-corrected chi connectivity index (χ4v) is 4.54. The highest BCUT2D eigenvalue weighted by Gasteiger charge is 2.33. The number of piperazine rings is 1. The van der Waals surface area contributed by atoms with E-state index in [4.69, 9.17) is 23.2 Å². The zero-order valence-electron chi connectivity index (χ0n) is 11.0. The molecule has 0 aliphatic carbocycles. The van der Waals surface area contributed by atoms with Crippen molar-refractivity contribution in [2.75, 3.05) is 19.6 Å². The van der Waals surface area contributed by atoms with Crippen LogP contribution in [0.25, 0.3) is 0 Å². The van der Waals surface area contributed by atoms with Gasteiger partial charge in [0.05, 0.1) is 4.92 Å². The summed E-state index contributed by atoms with van der Waals surface area (Å²) in [4.78, 5) is 9.88. The van der Waals surface area contributed by atoms with E-state index in [9.17, 15) is 18.5 Å². The normalized spacial score (nSPS) is 20.4. The van der Waals surface area contributed by atoms with Gasteiger partial charge in [-0.25, -0.2) is 8.42 Å². The molecule has 0 amide bonds. The lowest BCUT2D eigenvalue weighted by molar-refractivity contribution is -0.384. The van der Waals surface area contributed by atoms with Crippen LogP contribution in [0.4, 0.5) is 5.69 Å². The number of nitro benzene ring substituents is 1. The molecule has 1 heterocycles. The summed E-state index contributed by atoms with van der Waals surface area (Å²) in [6, 6.07) is 2.36. The number of hydrogen-bond donors (Lipinski definition) is 1. The molecule has 1 aromatic rings. The average molecular weight is 354 g/mol. The average Bonchev–Trinajstić information content (AvgIpc) is 2.37. The molecule has 1 aliphatic heterocycles. The molecule has 21 heavy (non-hydrogen) atoms. The molecule has 10 heteroatoms. The van der Waals surface area contributed by atoms with Crippen LogP contribution in [0.15, 0.2) is 17.0 Å². The Balaban J connectivity index is 2.50. The standard InChI is InChI=1S/C11H13Cl2N3O4S/c1-7-6-15(5-4-14-7)21(19,20)9-3-2-8(12)11(10(9)13)16(17)18/h2-3,7,14H,4-6H2,1H3/t7-/m1/s1. The highest BCUT2D eigenvalue weighted by molar-refractivity contribution is 7.89. The van der Waals surface area contributed by atoms with E-state index in [1.54, 1.807) is 0 Å². The van der Waals surface area contributed by atoms with Gasteiger partial charge in [-0.05, 0) is 19.1 Å². The maximum Gasteiger partial charge on any atom is 0.307 e. The maximum absolute atomic E-state index is 12.6. The summed E-state index contributed by atoms with van der Waals surface area (Å²) in [6.07, 6.45) is 0. The lowest BCUT2D eigenvalue weighted by atomic mass is 10.3. The minimum atomic E-state index is -3.90. The van der Waals surface area contributed by atoms with Crippen LogP contribution in [0.5, 0.6) is 0 Å². The number of rotatable bonds is 3. The minimum Gasteiger partial charge on any atom is -0.312 e. The smallest absolute Gasteiger partial charge is 0.307 e. The minimum absolute atomic E-state index is 0.00501. The fourth-order valence-electron chi connectivity index (χ4n) is 2.14. The van der Waals surface area contributed by atoms with Crippen LogP contribution in [-0.2, 0) is 10.0 Å². The quantitative estimate of drug-likeness (QED) is 0.661. The van der Waals surface area contributed by atoms with Gasteiger partial charge in [-0.2, -0.15) is 4.31 Å². The van der Waals surface area contributed by atoms with Gasteiger partial charge >= 0.3 is 5.69 Å². The molecule has 1 saturated heterocycles. The molecule has 1 fully saturated rings. The summed E-state index contributed by atoms with van der Waals surface area (Å²) in [5.74, 6) is 0. The number of sulfonamides is 1. The van der Waals surface area contributed by atoms with Crippen LogP contribution in [-0.4, -0.2) is 43.3 Å². The predicted molar refractivity (Wildman–Crippen MR) is 79.3 cm³/mol. The van der Waals surface area contributed by atoms with E-state index in [0.29, 0.717) is 6.54 Å². The van der Waals surface area contributed by atoms with E-state index in [2.05, 4.69) is 5.32 Å². The molecule has 0 radical (unpaired) electrons. The fraction of sp³-hybridized carbons (Fsp3) is 0.455. The maximum atomic E-state index is 12.6. The summed E-state index contributed by atoms with van der Waals surface area (Å²) in [6.45, 7) is 2.91. The second-order valence-electron chi connectivity index (χ2n) is 4.68. The number of nitrogens with zero attached hydrogens (tertiary/aromatic N) is 2. The van der Waals surface area contributed by atoms with E-state index in [0.717, 1.165) is 0 Å². The van der Waals surface area contributed by atoms with E-state index in [1.807, 2.05) is 6.92 Å². The Hall–Kier alpha value is -0.930. The Labute approximate surface area is 132 Å². The van der Waals surface area contributed by atoms with Crippen molar-refractivity contribution < 1.29 is 13.3 Å². The SMILES string of the molecule is C[C@@H]1CN(S(=O)(=O)c2ccc(Cl)c([N+](=O)[O-])c2Cl)CCN1. The second-order valence-corrected chi connectivity index (χ2v) is 7.37. The summed E-state index contributed by atoms with van der Waals surface area (Å²) in [7, 11) is -3.90. The van der Waals surface area contributed by atoms with Crippen molar-refractivity contribution in [1.29, 1.82) is 0 Å².